The van der Waals surface area contributed by atoms with Crippen LogP contribution in [0.3, 0.4) is 0 Å². The average Bonchev–Trinajstić information content (AvgIpc) is 3.55. The highest BCUT2D eigenvalue weighted by Crippen LogP contribution is 2.52. The molecule has 1 atom stereocenters. The molecule has 1 saturated heterocycles. The molecule has 1 fully saturated rings. The van der Waals surface area contributed by atoms with Gasteiger partial charge in [0, 0.05) is 47.2 Å². The quantitative estimate of drug-likeness (QED) is 0.324. The van der Waals surface area contributed by atoms with E-state index in [2.05, 4.69) is 19.4 Å². The van der Waals surface area contributed by atoms with E-state index in [1.807, 2.05) is 26.0 Å². The van der Waals surface area contributed by atoms with Crippen LogP contribution in [-0.4, -0.2) is 68.0 Å². The first-order chi connectivity index (χ1) is 20.1. The summed E-state index contributed by atoms with van der Waals surface area (Å²) in [6.07, 6.45) is 0.439. The third kappa shape index (κ3) is 4.61. The van der Waals surface area contributed by atoms with Gasteiger partial charge in [-0.05, 0) is 51.0 Å². The largest absolute Gasteiger partial charge is 0.493 e. The Balaban J connectivity index is 1.51. The molecule has 6 rings (SSSR count). The van der Waals surface area contributed by atoms with E-state index < -0.39 is 16.0 Å². The molecule has 2 aromatic heterocycles. The Bertz CT molecular complexity index is 1760. The smallest absolute Gasteiger partial charge is 0.301 e. The monoisotopic (exact) mass is 597 g/mol. The molecule has 222 valence electrons. The highest BCUT2D eigenvalue weighted by atomic mass is 32.2. The van der Waals surface area contributed by atoms with Crippen LogP contribution in [0.15, 0.2) is 34.9 Å². The van der Waals surface area contributed by atoms with Crippen LogP contribution in [0.25, 0.3) is 33.8 Å². The summed E-state index contributed by atoms with van der Waals surface area (Å²) in [5.41, 5.74) is 5.55. The summed E-state index contributed by atoms with van der Waals surface area (Å²) in [5, 5.41) is 4.03. The van der Waals surface area contributed by atoms with Crippen LogP contribution < -0.4 is 14.2 Å². The Labute approximate surface area is 243 Å². The van der Waals surface area contributed by atoms with Gasteiger partial charge in [-0.1, -0.05) is 17.3 Å². The second kappa shape index (κ2) is 10.7. The molecule has 0 amide bonds. The van der Waals surface area contributed by atoms with Gasteiger partial charge in [0.25, 0.3) is 5.89 Å². The number of halogens is 1. The number of ether oxygens (including phenoxy) is 3. The minimum atomic E-state index is -3.72. The third-order valence-electron chi connectivity index (χ3n) is 7.83. The molecule has 0 bridgehead atoms. The summed E-state index contributed by atoms with van der Waals surface area (Å²) in [6, 6.07) is 8.82. The fraction of sp³-hybridized carbons (Fsp3) is 0.379. The number of aromatic nitrogens is 3. The van der Waals surface area contributed by atoms with E-state index in [1.54, 1.807) is 25.1 Å². The standard InChI is InChI=1S/C29H32FN5O6S/c1-16-14-21-22(15-23(38-4)28(39-5)26(21)30)27-25(29-31-18(3)32-41-29)24(17(2)35(16)27)19-6-8-20(9-7-19)33-42(36,37)34-10-12-40-13-11-34/h6-9,15-16,33H,10-14H2,1-5H3. The minimum Gasteiger partial charge on any atom is -0.493 e. The molecule has 11 nitrogen and oxygen atoms in total. The Morgan fingerprint density at radius 2 is 1.79 bits per heavy atom. The van der Waals surface area contributed by atoms with Crippen molar-refractivity contribution < 1.29 is 31.5 Å². The molecular formula is C29H32FN5O6S. The molecule has 1 N–H and O–H groups in total. The SMILES string of the molecule is COc1cc2c(c(F)c1OC)CC(C)n1c(C)c(-c3ccc(NS(=O)(=O)N4CCOCC4)cc3)c(-c3nc(C)no3)c1-2. The van der Waals surface area contributed by atoms with E-state index >= 15 is 4.39 Å². The Morgan fingerprint density at radius 3 is 2.40 bits per heavy atom. The van der Waals surface area contributed by atoms with Crippen LogP contribution in [0.5, 0.6) is 11.5 Å². The van der Waals surface area contributed by atoms with Gasteiger partial charge in [-0.15, -0.1) is 0 Å². The molecule has 0 spiro atoms. The van der Waals surface area contributed by atoms with Crippen molar-refractivity contribution in [3.63, 3.8) is 0 Å². The van der Waals surface area contributed by atoms with Gasteiger partial charge in [-0.2, -0.15) is 17.7 Å². The molecule has 2 aliphatic heterocycles. The van der Waals surface area contributed by atoms with Crippen molar-refractivity contribution >= 4 is 15.9 Å². The number of anilines is 1. The Hall–Kier alpha value is -3.94. The first kappa shape index (κ1) is 28.2. The zero-order valence-corrected chi connectivity index (χ0v) is 24.8. The van der Waals surface area contributed by atoms with Crippen LogP contribution in [0.4, 0.5) is 10.1 Å². The number of nitrogens with one attached hydrogen (secondary N) is 1. The van der Waals surface area contributed by atoms with Crippen LogP contribution in [0, 0.1) is 19.7 Å². The first-order valence-corrected chi connectivity index (χ1v) is 15.0. The van der Waals surface area contributed by atoms with Crippen molar-refractivity contribution in [2.45, 2.75) is 33.2 Å². The summed E-state index contributed by atoms with van der Waals surface area (Å²) < 4.78 is 69.6. The zero-order valence-electron chi connectivity index (χ0n) is 24.0. The Kier molecular flexibility index (Phi) is 7.19. The van der Waals surface area contributed by atoms with Crippen molar-refractivity contribution in [1.29, 1.82) is 0 Å². The lowest BCUT2D eigenvalue weighted by atomic mass is 9.90. The van der Waals surface area contributed by atoms with E-state index in [4.69, 9.17) is 18.7 Å². The maximum absolute atomic E-state index is 15.8. The van der Waals surface area contributed by atoms with Gasteiger partial charge in [0.15, 0.2) is 23.1 Å². The van der Waals surface area contributed by atoms with Gasteiger partial charge in [0.05, 0.1) is 38.7 Å². The fourth-order valence-electron chi connectivity index (χ4n) is 5.98. The van der Waals surface area contributed by atoms with E-state index in [-0.39, 0.29) is 17.5 Å². The molecule has 1 unspecified atom stereocenters. The molecule has 4 aromatic rings. The lowest BCUT2D eigenvalue weighted by Gasteiger charge is -2.29. The predicted molar refractivity (Wildman–Crippen MR) is 154 cm³/mol. The molecule has 0 radical (unpaired) electrons. The van der Waals surface area contributed by atoms with Crippen molar-refractivity contribution in [2.24, 2.45) is 0 Å². The predicted octanol–water partition coefficient (Wildman–Crippen LogP) is 4.75. The Morgan fingerprint density at radius 1 is 1.07 bits per heavy atom. The summed E-state index contributed by atoms with van der Waals surface area (Å²) >= 11 is 0. The van der Waals surface area contributed by atoms with Crippen molar-refractivity contribution in [2.75, 3.05) is 45.2 Å². The van der Waals surface area contributed by atoms with Gasteiger partial charge in [0.2, 0.25) is 0 Å². The molecule has 13 heteroatoms. The number of nitrogens with zero attached hydrogens (tertiary/aromatic N) is 4. The average molecular weight is 598 g/mol. The summed E-state index contributed by atoms with van der Waals surface area (Å²) in [6.45, 7) is 7.09. The number of methoxy groups -OCH3 is 2. The normalized spacial score (nSPS) is 17.0. The van der Waals surface area contributed by atoms with E-state index in [0.29, 0.717) is 66.8 Å². The second-order valence-electron chi connectivity index (χ2n) is 10.4. The van der Waals surface area contributed by atoms with Crippen molar-refractivity contribution in [3.8, 4) is 45.3 Å². The molecular weight excluding hydrogens is 565 g/mol. The topological polar surface area (TPSA) is 121 Å². The summed E-state index contributed by atoms with van der Waals surface area (Å²) in [5.74, 6) is 0.635. The molecule has 42 heavy (non-hydrogen) atoms. The van der Waals surface area contributed by atoms with Crippen molar-refractivity contribution in [3.05, 3.63) is 53.2 Å². The summed E-state index contributed by atoms with van der Waals surface area (Å²) in [7, 11) is -0.829. The molecule has 2 aliphatic rings. The van der Waals surface area contributed by atoms with E-state index in [1.165, 1.54) is 18.5 Å². The highest BCUT2D eigenvalue weighted by molar-refractivity contribution is 7.90. The van der Waals surface area contributed by atoms with E-state index in [0.717, 1.165) is 22.5 Å². The van der Waals surface area contributed by atoms with Crippen LogP contribution in [0.2, 0.25) is 0 Å². The number of fused-ring (bicyclic) bond motifs is 3. The fourth-order valence-corrected chi connectivity index (χ4v) is 7.17. The van der Waals surface area contributed by atoms with Gasteiger partial charge < -0.3 is 23.3 Å². The van der Waals surface area contributed by atoms with Gasteiger partial charge >= 0.3 is 10.2 Å². The highest BCUT2D eigenvalue weighted by Gasteiger charge is 2.36. The zero-order chi connectivity index (χ0) is 29.8. The molecule has 0 saturated carbocycles. The van der Waals surface area contributed by atoms with Crippen LogP contribution >= 0.6 is 0 Å². The second-order valence-corrected chi connectivity index (χ2v) is 12.1. The number of aryl methyl sites for hydroxylation is 1. The molecule has 0 aliphatic carbocycles. The number of rotatable bonds is 7. The maximum atomic E-state index is 15.8. The van der Waals surface area contributed by atoms with Gasteiger partial charge in [-0.3, -0.25) is 4.72 Å². The van der Waals surface area contributed by atoms with Crippen LogP contribution in [-0.2, 0) is 21.4 Å². The summed E-state index contributed by atoms with van der Waals surface area (Å²) in [4.78, 5) is 4.55. The van der Waals surface area contributed by atoms with Gasteiger partial charge in [0.1, 0.15) is 0 Å². The maximum Gasteiger partial charge on any atom is 0.301 e. The molecule has 2 aromatic carbocycles. The minimum absolute atomic E-state index is 0.0608. The first-order valence-electron chi connectivity index (χ1n) is 13.6. The number of benzene rings is 2. The van der Waals surface area contributed by atoms with Crippen LogP contribution in [0.1, 0.15) is 30.0 Å². The lowest BCUT2D eigenvalue weighted by Crippen LogP contribution is -2.43. The molecule has 4 heterocycles. The number of morpholine rings is 1. The van der Waals surface area contributed by atoms with E-state index in [9.17, 15) is 8.42 Å². The van der Waals surface area contributed by atoms with Gasteiger partial charge in [-0.25, -0.2) is 4.39 Å². The third-order valence-corrected chi connectivity index (χ3v) is 9.37. The van der Waals surface area contributed by atoms with Crippen molar-refractivity contribution in [1.82, 2.24) is 19.0 Å². The number of hydrogen-bond donors (Lipinski definition) is 1. The lowest BCUT2D eigenvalue weighted by molar-refractivity contribution is 0.0733. The number of hydrogen-bond acceptors (Lipinski definition) is 8.